The summed E-state index contributed by atoms with van der Waals surface area (Å²) >= 11 is 1.44. The van der Waals surface area contributed by atoms with Crippen LogP contribution < -0.4 is 13.9 Å². The van der Waals surface area contributed by atoms with E-state index in [1.54, 1.807) is 31.4 Å². The average Bonchev–Trinajstić information content (AvgIpc) is 3.37. The van der Waals surface area contributed by atoms with Gasteiger partial charge >= 0.3 is 0 Å². The molecule has 1 saturated heterocycles. The molecule has 0 bridgehead atoms. The van der Waals surface area contributed by atoms with Crippen molar-refractivity contribution in [3.63, 3.8) is 0 Å². The number of amides is 1. The number of ether oxygens (including phenoxy) is 1. The first-order chi connectivity index (χ1) is 18.3. The van der Waals surface area contributed by atoms with E-state index < -0.39 is 10.0 Å². The maximum atomic E-state index is 13.4. The summed E-state index contributed by atoms with van der Waals surface area (Å²) in [6, 6.07) is 22.3. The van der Waals surface area contributed by atoms with Crippen LogP contribution in [0.25, 0.3) is 10.1 Å². The fourth-order valence-corrected chi connectivity index (χ4v) is 7.29. The third kappa shape index (κ3) is 4.96. The summed E-state index contributed by atoms with van der Waals surface area (Å²) in [6.07, 6.45) is 0. The molecule has 2 heterocycles. The molecule has 0 radical (unpaired) electrons. The van der Waals surface area contributed by atoms with E-state index in [0.29, 0.717) is 30.2 Å². The topological polar surface area (TPSA) is 70.2 Å². The van der Waals surface area contributed by atoms with Gasteiger partial charge in [-0.2, -0.15) is 0 Å². The van der Waals surface area contributed by atoms with Gasteiger partial charge in [-0.1, -0.05) is 29.8 Å². The number of thiophene rings is 1. The molecule has 0 saturated carbocycles. The predicted molar refractivity (Wildman–Crippen MR) is 154 cm³/mol. The van der Waals surface area contributed by atoms with Crippen molar-refractivity contribution in [2.75, 3.05) is 49.0 Å². The minimum Gasteiger partial charge on any atom is -0.495 e. The summed E-state index contributed by atoms with van der Waals surface area (Å²) in [5.41, 5.74) is 2.63. The second-order valence-corrected chi connectivity index (χ2v) is 12.2. The summed E-state index contributed by atoms with van der Waals surface area (Å²) in [4.78, 5) is 18.4. The predicted octanol–water partition coefficient (Wildman–Crippen LogP) is 5.40. The van der Waals surface area contributed by atoms with Crippen LogP contribution in [0.3, 0.4) is 0 Å². The van der Waals surface area contributed by atoms with Gasteiger partial charge in [0, 0.05) is 37.4 Å². The smallest absolute Gasteiger partial charge is 0.264 e. The van der Waals surface area contributed by atoms with E-state index in [-0.39, 0.29) is 10.8 Å². The van der Waals surface area contributed by atoms with E-state index in [1.165, 1.54) is 15.6 Å². The van der Waals surface area contributed by atoms with Crippen molar-refractivity contribution >= 4 is 48.7 Å². The third-order valence-electron chi connectivity index (χ3n) is 6.89. The van der Waals surface area contributed by atoms with Gasteiger partial charge in [0.1, 0.15) is 5.75 Å². The maximum absolute atomic E-state index is 13.4. The molecule has 5 rings (SSSR count). The first-order valence-electron chi connectivity index (χ1n) is 12.6. The Labute approximate surface area is 227 Å². The summed E-state index contributed by atoms with van der Waals surface area (Å²) in [5.74, 6) is 0.838. The standard InChI is InChI=1S/C29H31N3O4S2/c1-4-32(38(34,35)24-12-9-21(2)10-13-24)23-11-14-27-22(19-23)20-28(37-27)29(33)31-17-15-30(16-18-31)25-7-5-6-8-26(25)36-3/h5-14,19-20H,4,15-18H2,1-3H3. The molecule has 0 spiro atoms. The second kappa shape index (κ2) is 10.7. The van der Waals surface area contributed by atoms with Crippen molar-refractivity contribution < 1.29 is 17.9 Å². The molecular weight excluding hydrogens is 518 g/mol. The highest BCUT2D eigenvalue weighted by Crippen LogP contribution is 2.33. The molecule has 38 heavy (non-hydrogen) atoms. The van der Waals surface area contributed by atoms with Gasteiger partial charge < -0.3 is 14.5 Å². The highest BCUT2D eigenvalue weighted by Gasteiger charge is 2.26. The average molecular weight is 550 g/mol. The second-order valence-electron chi connectivity index (χ2n) is 9.27. The number of rotatable bonds is 7. The van der Waals surface area contributed by atoms with Crippen LogP contribution in [0.4, 0.5) is 11.4 Å². The number of hydrogen-bond donors (Lipinski definition) is 0. The van der Waals surface area contributed by atoms with Crippen molar-refractivity contribution in [2.24, 2.45) is 0 Å². The summed E-state index contributed by atoms with van der Waals surface area (Å²) in [6.45, 7) is 6.74. The van der Waals surface area contributed by atoms with Gasteiger partial charge in [-0.3, -0.25) is 9.10 Å². The Hall–Kier alpha value is -3.56. The van der Waals surface area contributed by atoms with Crippen LogP contribution in [0.1, 0.15) is 22.2 Å². The van der Waals surface area contributed by atoms with Crippen molar-refractivity contribution in [1.82, 2.24) is 4.90 Å². The van der Waals surface area contributed by atoms with E-state index in [2.05, 4.69) is 4.90 Å². The van der Waals surface area contributed by atoms with Crippen molar-refractivity contribution in [2.45, 2.75) is 18.7 Å². The van der Waals surface area contributed by atoms with E-state index in [1.807, 2.05) is 67.3 Å². The third-order valence-corrected chi connectivity index (χ3v) is 9.91. The maximum Gasteiger partial charge on any atom is 0.264 e. The van der Waals surface area contributed by atoms with Crippen LogP contribution in [0.5, 0.6) is 5.75 Å². The number of hydrogen-bond acceptors (Lipinski definition) is 6. The van der Waals surface area contributed by atoms with Crippen LogP contribution >= 0.6 is 11.3 Å². The Balaban J connectivity index is 1.33. The number of carbonyl (C=O) groups excluding carboxylic acids is 1. The molecule has 0 aliphatic carbocycles. The number of benzene rings is 3. The lowest BCUT2D eigenvalue weighted by atomic mass is 10.2. The molecule has 7 nitrogen and oxygen atoms in total. The van der Waals surface area contributed by atoms with E-state index in [9.17, 15) is 13.2 Å². The molecular formula is C29H31N3O4S2. The first kappa shape index (κ1) is 26.1. The van der Waals surface area contributed by atoms with Crippen LogP contribution in [0, 0.1) is 6.92 Å². The number of anilines is 2. The van der Waals surface area contributed by atoms with E-state index >= 15 is 0 Å². The van der Waals surface area contributed by atoms with Crippen LogP contribution in [-0.4, -0.2) is 59.1 Å². The molecule has 1 aliphatic heterocycles. The zero-order chi connectivity index (χ0) is 26.9. The zero-order valence-corrected chi connectivity index (χ0v) is 23.4. The van der Waals surface area contributed by atoms with Crippen LogP contribution in [-0.2, 0) is 10.0 Å². The van der Waals surface area contributed by atoms with Crippen LogP contribution in [0.2, 0.25) is 0 Å². The molecule has 4 aromatic rings. The quantitative estimate of drug-likeness (QED) is 0.309. The lowest BCUT2D eigenvalue weighted by molar-refractivity contribution is 0.0751. The monoisotopic (exact) mass is 549 g/mol. The minimum atomic E-state index is -3.70. The number of fused-ring (bicyclic) bond motifs is 1. The van der Waals surface area contributed by atoms with Gasteiger partial charge in [0.25, 0.3) is 15.9 Å². The largest absolute Gasteiger partial charge is 0.495 e. The molecule has 0 N–H and O–H groups in total. The van der Waals surface area contributed by atoms with Gasteiger partial charge in [0.15, 0.2) is 0 Å². The molecule has 1 fully saturated rings. The Morgan fingerprint density at radius 1 is 0.974 bits per heavy atom. The number of sulfonamides is 1. The molecule has 1 aromatic heterocycles. The summed E-state index contributed by atoms with van der Waals surface area (Å²) in [5, 5.41) is 0.862. The molecule has 9 heteroatoms. The number of methoxy groups -OCH3 is 1. The minimum absolute atomic E-state index is 0.00653. The lowest BCUT2D eigenvalue weighted by Crippen LogP contribution is -2.48. The van der Waals surface area contributed by atoms with Crippen molar-refractivity contribution in [3.8, 4) is 5.75 Å². The first-order valence-corrected chi connectivity index (χ1v) is 14.9. The SMILES string of the molecule is CCN(c1ccc2sc(C(=O)N3CCN(c4ccccc4OC)CC3)cc2c1)S(=O)(=O)c1ccc(C)cc1. The molecule has 1 aliphatic rings. The van der Waals surface area contributed by atoms with Gasteiger partial charge in [-0.05, 0) is 67.8 Å². The molecule has 198 valence electrons. The Morgan fingerprint density at radius 2 is 1.68 bits per heavy atom. The fraction of sp³-hybridized carbons (Fsp3) is 0.276. The number of nitrogens with zero attached hydrogens (tertiary/aromatic N) is 3. The summed E-state index contributed by atoms with van der Waals surface area (Å²) in [7, 11) is -2.03. The van der Waals surface area contributed by atoms with E-state index in [0.717, 1.165) is 40.2 Å². The van der Waals surface area contributed by atoms with Gasteiger partial charge in [-0.25, -0.2) is 8.42 Å². The van der Waals surface area contributed by atoms with Gasteiger partial charge in [-0.15, -0.1) is 11.3 Å². The number of carbonyl (C=O) groups is 1. The highest BCUT2D eigenvalue weighted by atomic mass is 32.2. The summed E-state index contributed by atoms with van der Waals surface area (Å²) < 4.78 is 34.6. The van der Waals surface area contributed by atoms with Gasteiger partial charge in [0.05, 0.1) is 28.3 Å². The lowest BCUT2D eigenvalue weighted by Gasteiger charge is -2.36. The number of para-hydroxylation sites is 2. The zero-order valence-electron chi connectivity index (χ0n) is 21.8. The van der Waals surface area contributed by atoms with Gasteiger partial charge in [0.2, 0.25) is 0 Å². The number of piperazine rings is 1. The Kier molecular flexibility index (Phi) is 7.32. The molecule has 1 amide bonds. The molecule has 3 aromatic carbocycles. The van der Waals surface area contributed by atoms with Crippen molar-refractivity contribution in [3.05, 3.63) is 83.2 Å². The molecule has 0 unspecified atom stereocenters. The highest BCUT2D eigenvalue weighted by molar-refractivity contribution is 7.92. The van der Waals surface area contributed by atoms with Crippen molar-refractivity contribution in [1.29, 1.82) is 0 Å². The normalized spacial score (nSPS) is 14.1. The number of aryl methyl sites for hydroxylation is 1. The molecule has 0 atom stereocenters. The van der Waals surface area contributed by atoms with E-state index in [4.69, 9.17) is 4.74 Å². The van der Waals surface area contributed by atoms with Crippen LogP contribution in [0.15, 0.2) is 77.7 Å². The Morgan fingerprint density at radius 3 is 2.37 bits per heavy atom. The fourth-order valence-electron chi connectivity index (χ4n) is 4.82. The Bertz CT molecular complexity index is 1560.